The Kier molecular flexibility index (Phi) is 3.33. The number of halogens is 2. The summed E-state index contributed by atoms with van der Waals surface area (Å²) in [5.41, 5.74) is 11.2. The van der Waals surface area contributed by atoms with Crippen LogP contribution < -0.4 is 11.5 Å². The summed E-state index contributed by atoms with van der Waals surface area (Å²) in [6, 6.07) is 5.74. The van der Waals surface area contributed by atoms with Gasteiger partial charge in [0.2, 0.25) is 0 Å². The van der Waals surface area contributed by atoms with E-state index in [1.54, 1.807) is 0 Å². The average Bonchev–Trinajstić information content (AvgIpc) is 1.94. The Morgan fingerprint density at radius 3 is 2.58 bits per heavy atom. The van der Waals surface area contributed by atoms with E-state index in [9.17, 15) is 0 Å². The molecule has 1 aromatic rings. The number of hydrogen-bond donors (Lipinski definition) is 2. The molecule has 1 rings (SSSR count). The van der Waals surface area contributed by atoms with Crippen LogP contribution in [0.25, 0.3) is 0 Å². The molecule has 0 spiro atoms. The second kappa shape index (κ2) is 4.08. The molecule has 0 saturated carbocycles. The molecule has 0 fully saturated rings. The highest BCUT2D eigenvalue weighted by molar-refractivity contribution is 14.1. The van der Waals surface area contributed by atoms with Crippen molar-refractivity contribution in [3.05, 3.63) is 26.2 Å². The van der Waals surface area contributed by atoms with Crippen LogP contribution in [0.3, 0.4) is 0 Å². The number of hydrogen-bond acceptors (Lipinski definition) is 1. The van der Waals surface area contributed by atoms with E-state index in [0.29, 0.717) is 0 Å². The van der Waals surface area contributed by atoms with Gasteiger partial charge in [-0.25, -0.2) is 4.99 Å². The Hall–Kier alpha value is -0.300. The lowest BCUT2D eigenvalue weighted by Gasteiger charge is -1.98. The summed E-state index contributed by atoms with van der Waals surface area (Å²) >= 11 is 5.57. The van der Waals surface area contributed by atoms with Crippen molar-refractivity contribution in [3.63, 3.8) is 0 Å². The molecule has 0 bridgehead atoms. The molecule has 64 valence electrons. The van der Waals surface area contributed by atoms with Crippen molar-refractivity contribution >= 4 is 50.2 Å². The van der Waals surface area contributed by atoms with Crippen molar-refractivity contribution in [2.24, 2.45) is 16.5 Å². The predicted molar refractivity (Wildman–Crippen MR) is 62.3 cm³/mol. The number of benzene rings is 1. The van der Waals surface area contributed by atoms with Gasteiger partial charge in [0.1, 0.15) is 0 Å². The molecule has 0 radical (unpaired) electrons. The Morgan fingerprint density at radius 2 is 2.08 bits per heavy atom. The van der Waals surface area contributed by atoms with Gasteiger partial charge >= 0.3 is 0 Å². The van der Waals surface area contributed by atoms with Crippen LogP contribution in [0.15, 0.2) is 27.7 Å². The van der Waals surface area contributed by atoms with Crippen molar-refractivity contribution in [2.75, 3.05) is 0 Å². The Labute approximate surface area is 92.5 Å². The molecule has 0 aromatic heterocycles. The molecule has 0 heterocycles. The maximum Gasteiger partial charge on any atom is 0.191 e. The Bertz CT molecular complexity index is 320. The summed E-state index contributed by atoms with van der Waals surface area (Å²) in [5, 5.41) is 0. The second-order valence-electron chi connectivity index (χ2n) is 2.13. The number of nitrogens with zero attached hydrogens (tertiary/aromatic N) is 1. The number of guanidine groups is 1. The highest BCUT2D eigenvalue weighted by Crippen LogP contribution is 2.26. The zero-order chi connectivity index (χ0) is 9.14. The number of nitrogens with two attached hydrogens (primary N) is 2. The van der Waals surface area contributed by atoms with E-state index in [2.05, 4.69) is 43.5 Å². The molecule has 0 atom stereocenters. The summed E-state index contributed by atoms with van der Waals surface area (Å²) in [6.07, 6.45) is 0. The average molecular weight is 340 g/mol. The zero-order valence-electron chi connectivity index (χ0n) is 6.09. The highest BCUT2D eigenvalue weighted by atomic mass is 127. The fourth-order valence-electron chi connectivity index (χ4n) is 0.711. The summed E-state index contributed by atoms with van der Waals surface area (Å²) in [6.45, 7) is 0. The Balaban J connectivity index is 3.10. The first-order valence-corrected chi connectivity index (χ1v) is 5.01. The van der Waals surface area contributed by atoms with E-state index >= 15 is 0 Å². The van der Waals surface area contributed by atoms with Gasteiger partial charge in [-0.1, -0.05) is 0 Å². The van der Waals surface area contributed by atoms with Gasteiger partial charge in [-0.3, -0.25) is 0 Å². The molecule has 0 aliphatic carbocycles. The second-order valence-corrected chi connectivity index (χ2v) is 4.23. The maximum absolute atomic E-state index is 5.24. The predicted octanol–water partition coefficient (Wildman–Crippen LogP) is 1.96. The first kappa shape index (κ1) is 9.79. The largest absolute Gasteiger partial charge is 0.370 e. The lowest BCUT2D eigenvalue weighted by Crippen LogP contribution is -2.21. The quantitative estimate of drug-likeness (QED) is 0.466. The third-order valence-corrected chi connectivity index (χ3v) is 2.47. The third kappa shape index (κ3) is 2.63. The minimum atomic E-state index is 0.0666. The van der Waals surface area contributed by atoms with Crippen molar-refractivity contribution in [1.82, 2.24) is 0 Å². The lowest BCUT2D eigenvalue weighted by molar-refractivity contribution is 1.40. The molecule has 3 nitrogen and oxygen atoms in total. The van der Waals surface area contributed by atoms with Crippen LogP contribution in [0.1, 0.15) is 0 Å². The van der Waals surface area contributed by atoms with E-state index in [4.69, 9.17) is 11.5 Å². The SMILES string of the molecule is NC(N)=Nc1ccc(I)cc1Br. The smallest absolute Gasteiger partial charge is 0.191 e. The molecule has 0 unspecified atom stereocenters. The van der Waals surface area contributed by atoms with Gasteiger partial charge in [-0.15, -0.1) is 0 Å². The van der Waals surface area contributed by atoms with E-state index < -0.39 is 0 Å². The van der Waals surface area contributed by atoms with Crippen LogP contribution in [-0.4, -0.2) is 5.96 Å². The molecule has 4 N–H and O–H groups in total. The highest BCUT2D eigenvalue weighted by Gasteiger charge is 1.97. The summed E-state index contributed by atoms with van der Waals surface area (Å²) in [5.74, 6) is 0.0666. The van der Waals surface area contributed by atoms with E-state index in [1.165, 1.54) is 0 Å². The van der Waals surface area contributed by atoms with Gasteiger partial charge in [-0.05, 0) is 56.7 Å². The van der Waals surface area contributed by atoms with Crippen LogP contribution in [-0.2, 0) is 0 Å². The molecule has 1 aromatic carbocycles. The van der Waals surface area contributed by atoms with E-state index in [0.717, 1.165) is 13.7 Å². The summed E-state index contributed by atoms with van der Waals surface area (Å²) < 4.78 is 2.02. The van der Waals surface area contributed by atoms with Gasteiger partial charge < -0.3 is 11.5 Å². The monoisotopic (exact) mass is 339 g/mol. The fourth-order valence-corrected chi connectivity index (χ4v) is 2.10. The third-order valence-electron chi connectivity index (χ3n) is 1.16. The van der Waals surface area contributed by atoms with Gasteiger partial charge in [0, 0.05) is 8.04 Å². The normalized spacial score (nSPS) is 9.50. The van der Waals surface area contributed by atoms with Crippen LogP contribution >= 0.6 is 38.5 Å². The van der Waals surface area contributed by atoms with Crippen LogP contribution in [0.4, 0.5) is 5.69 Å². The Morgan fingerprint density at radius 1 is 1.42 bits per heavy atom. The van der Waals surface area contributed by atoms with Crippen molar-refractivity contribution in [2.45, 2.75) is 0 Å². The fraction of sp³-hybridized carbons (Fsp3) is 0. The summed E-state index contributed by atoms with van der Waals surface area (Å²) in [7, 11) is 0. The van der Waals surface area contributed by atoms with Crippen LogP contribution in [0, 0.1) is 3.57 Å². The first-order valence-electron chi connectivity index (χ1n) is 3.14. The zero-order valence-corrected chi connectivity index (χ0v) is 9.83. The standard InChI is InChI=1S/C7H7BrIN3/c8-5-3-4(9)1-2-6(5)12-7(10)11/h1-3H,(H4,10,11,12). The minimum absolute atomic E-state index is 0.0666. The van der Waals surface area contributed by atoms with Gasteiger partial charge in [-0.2, -0.15) is 0 Å². The molecular formula is C7H7BrIN3. The van der Waals surface area contributed by atoms with E-state index in [-0.39, 0.29) is 5.96 Å². The van der Waals surface area contributed by atoms with Crippen LogP contribution in [0.2, 0.25) is 0 Å². The molecule has 0 aliphatic rings. The molecule has 0 saturated heterocycles. The maximum atomic E-state index is 5.24. The van der Waals surface area contributed by atoms with Gasteiger partial charge in [0.25, 0.3) is 0 Å². The molecule has 12 heavy (non-hydrogen) atoms. The summed E-state index contributed by atoms with van der Waals surface area (Å²) in [4.78, 5) is 3.92. The number of aliphatic imine (C=N–C) groups is 1. The molecule has 0 amide bonds. The van der Waals surface area contributed by atoms with Crippen LogP contribution in [0.5, 0.6) is 0 Å². The first-order chi connectivity index (χ1) is 5.59. The van der Waals surface area contributed by atoms with Gasteiger partial charge in [0.15, 0.2) is 5.96 Å². The topological polar surface area (TPSA) is 64.4 Å². The van der Waals surface area contributed by atoms with Gasteiger partial charge in [0.05, 0.1) is 5.69 Å². The van der Waals surface area contributed by atoms with Crippen molar-refractivity contribution < 1.29 is 0 Å². The lowest BCUT2D eigenvalue weighted by atomic mass is 10.3. The molecule has 0 aliphatic heterocycles. The van der Waals surface area contributed by atoms with Crippen molar-refractivity contribution in [1.29, 1.82) is 0 Å². The van der Waals surface area contributed by atoms with E-state index in [1.807, 2.05) is 18.2 Å². The molecular weight excluding hydrogens is 333 g/mol. The van der Waals surface area contributed by atoms with Crippen molar-refractivity contribution in [3.8, 4) is 0 Å². The molecule has 5 heteroatoms. The number of rotatable bonds is 1. The minimum Gasteiger partial charge on any atom is -0.370 e.